The molecule has 0 N–H and O–H groups in total. The van der Waals surface area contributed by atoms with E-state index >= 15 is 0 Å². The van der Waals surface area contributed by atoms with Crippen molar-refractivity contribution in [2.75, 3.05) is 19.8 Å². The molecule has 0 unspecified atom stereocenters. The normalized spacial score (nSPS) is 19.3. The lowest BCUT2D eigenvalue weighted by Crippen LogP contribution is -2.40. The minimum absolute atomic E-state index is 0.269. The molecule has 23 heavy (non-hydrogen) atoms. The number of aromatic nitrogens is 2. The number of fused-ring (bicyclic) bond motifs is 1. The summed E-state index contributed by atoms with van der Waals surface area (Å²) in [7, 11) is 0. The van der Waals surface area contributed by atoms with Gasteiger partial charge >= 0.3 is 6.09 Å². The molecule has 6 nitrogen and oxygen atoms in total. The lowest BCUT2D eigenvalue weighted by molar-refractivity contribution is 0.0220. The first-order valence-electron chi connectivity index (χ1n) is 8.33. The van der Waals surface area contributed by atoms with E-state index in [9.17, 15) is 4.79 Å². The lowest BCUT2D eigenvalue weighted by Gasteiger charge is -2.31. The molecule has 0 radical (unpaired) electrons. The summed E-state index contributed by atoms with van der Waals surface area (Å²) in [5, 5.41) is 0. The molecule has 3 heterocycles. The Morgan fingerprint density at radius 2 is 2.09 bits per heavy atom. The van der Waals surface area contributed by atoms with Crippen LogP contribution in [0.15, 0.2) is 6.20 Å². The molecule has 0 aliphatic carbocycles. The number of nitrogens with zero attached hydrogens (tertiary/aromatic N) is 3. The Labute approximate surface area is 137 Å². The fraction of sp³-hybridized carbons (Fsp3) is 0.706. The van der Waals surface area contributed by atoms with E-state index in [0.29, 0.717) is 19.0 Å². The summed E-state index contributed by atoms with van der Waals surface area (Å²) in [5.74, 6) is 1.25. The monoisotopic (exact) mass is 319 g/mol. The van der Waals surface area contributed by atoms with Crippen molar-refractivity contribution in [2.45, 2.75) is 58.1 Å². The fourth-order valence-electron chi connectivity index (χ4n) is 2.95. The molecule has 3 rings (SSSR count). The molecule has 1 aromatic rings. The second kappa shape index (κ2) is 6.43. The Morgan fingerprint density at radius 3 is 2.78 bits per heavy atom. The third kappa shape index (κ3) is 3.99. The SMILES string of the molecule is CC(C)(C)OC(=O)N1CCc2cnc(C3CCOCC3)nc2C1. The van der Waals surface area contributed by atoms with Crippen molar-refractivity contribution in [2.24, 2.45) is 0 Å². The van der Waals surface area contributed by atoms with Crippen molar-refractivity contribution in [1.82, 2.24) is 14.9 Å². The van der Waals surface area contributed by atoms with Crippen LogP contribution in [-0.2, 0) is 22.4 Å². The number of hydrogen-bond acceptors (Lipinski definition) is 5. The second-order valence-electron chi connectivity index (χ2n) is 7.24. The highest BCUT2D eigenvalue weighted by atomic mass is 16.6. The van der Waals surface area contributed by atoms with Gasteiger partial charge in [-0.15, -0.1) is 0 Å². The topological polar surface area (TPSA) is 64.5 Å². The van der Waals surface area contributed by atoms with Gasteiger partial charge in [0.25, 0.3) is 0 Å². The number of amides is 1. The smallest absolute Gasteiger partial charge is 0.410 e. The van der Waals surface area contributed by atoms with Gasteiger partial charge < -0.3 is 14.4 Å². The van der Waals surface area contributed by atoms with Gasteiger partial charge in [0.15, 0.2) is 0 Å². The maximum atomic E-state index is 12.3. The molecule has 0 spiro atoms. The van der Waals surface area contributed by atoms with Gasteiger partial charge in [-0.05, 0) is 45.6 Å². The summed E-state index contributed by atoms with van der Waals surface area (Å²) in [5.41, 5.74) is 1.62. The quantitative estimate of drug-likeness (QED) is 0.796. The van der Waals surface area contributed by atoms with Gasteiger partial charge in [-0.25, -0.2) is 14.8 Å². The van der Waals surface area contributed by atoms with Crippen LogP contribution in [0.3, 0.4) is 0 Å². The maximum absolute atomic E-state index is 12.3. The molecule has 0 bridgehead atoms. The number of carbonyl (C=O) groups excluding carboxylic acids is 1. The third-order valence-corrected chi connectivity index (χ3v) is 4.20. The summed E-state index contributed by atoms with van der Waals surface area (Å²) in [4.78, 5) is 23.3. The Bertz CT molecular complexity index is 577. The average Bonchev–Trinajstić information content (AvgIpc) is 2.53. The van der Waals surface area contributed by atoms with E-state index in [4.69, 9.17) is 14.5 Å². The molecule has 0 saturated carbocycles. The summed E-state index contributed by atoms with van der Waals surface area (Å²) < 4.78 is 10.9. The van der Waals surface area contributed by atoms with Gasteiger partial charge in [0.2, 0.25) is 0 Å². The highest BCUT2D eigenvalue weighted by Gasteiger charge is 2.28. The molecular weight excluding hydrogens is 294 g/mol. The zero-order valence-corrected chi connectivity index (χ0v) is 14.2. The van der Waals surface area contributed by atoms with E-state index < -0.39 is 5.60 Å². The van der Waals surface area contributed by atoms with Crippen molar-refractivity contribution in [3.8, 4) is 0 Å². The first-order valence-corrected chi connectivity index (χ1v) is 8.33. The predicted molar refractivity (Wildman–Crippen MR) is 85.2 cm³/mol. The van der Waals surface area contributed by atoms with Crippen molar-refractivity contribution >= 4 is 6.09 Å². The van der Waals surface area contributed by atoms with Crippen LogP contribution < -0.4 is 0 Å². The van der Waals surface area contributed by atoms with E-state index in [2.05, 4.69) is 4.98 Å². The van der Waals surface area contributed by atoms with E-state index in [0.717, 1.165) is 49.6 Å². The molecule has 1 amide bonds. The van der Waals surface area contributed by atoms with Crippen LogP contribution in [0.1, 0.15) is 56.6 Å². The molecule has 0 aromatic carbocycles. The summed E-state index contributed by atoms with van der Waals surface area (Å²) in [6.45, 7) is 8.35. The van der Waals surface area contributed by atoms with Crippen LogP contribution in [0.2, 0.25) is 0 Å². The first kappa shape index (κ1) is 16.2. The summed E-state index contributed by atoms with van der Waals surface area (Å²) >= 11 is 0. The van der Waals surface area contributed by atoms with E-state index in [1.165, 1.54) is 0 Å². The van der Waals surface area contributed by atoms with Gasteiger partial charge in [-0.1, -0.05) is 0 Å². The van der Waals surface area contributed by atoms with Gasteiger partial charge in [0, 0.05) is 31.9 Å². The highest BCUT2D eigenvalue weighted by Crippen LogP contribution is 2.26. The van der Waals surface area contributed by atoms with E-state index in [1.54, 1.807) is 4.90 Å². The van der Waals surface area contributed by atoms with Crippen LogP contribution in [0.4, 0.5) is 4.79 Å². The maximum Gasteiger partial charge on any atom is 0.410 e. The van der Waals surface area contributed by atoms with Crippen LogP contribution in [0.25, 0.3) is 0 Å². The lowest BCUT2D eigenvalue weighted by atomic mass is 9.98. The van der Waals surface area contributed by atoms with Gasteiger partial charge in [0.1, 0.15) is 11.4 Å². The highest BCUT2D eigenvalue weighted by molar-refractivity contribution is 5.68. The Hall–Kier alpha value is -1.69. The van der Waals surface area contributed by atoms with Gasteiger partial charge in [0.05, 0.1) is 12.2 Å². The molecule has 126 valence electrons. The van der Waals surface area contributed by atoms with Crippen LogP contribution >= 0.6 is 0 Å². The number of rotatable bonds is 1. The third-order valence-electron chi connectivity index (χ3n) is 4.20. The van der Waals surface area contributed by atoms with Crippen LogP contribution in [0, 0.1) is 0 Å². The second-order valence-corrected chi connectivity index (χ2v) is 7.24. The molecule has 1 aromatic heterocycles. The molecule has 6 heteroatoms. The molecule has 1 fully saturated rings. The van der Waals surface area contributed by atoms with Gasteiger partial charge in [-0.3, -0.25) is 0 Å². The van der Waals surface area contributed by atoms with E-state index in [-0.39, 0.29) is 6.09 Å². The van der Waals surface area contributed by atoms with Crippen molar-refractivity contribution in [1.29, 1.82) is 0 Å². The van der Waals surface area contributed by atoms with Crippen molar-refractivity contribution in [3.63, 3.8) is 0 Å². The standard InChI is InChI=1S/C17H25N3O3/c1-17(2,3)23-16(21)20-7-4-13-10-18-15(19-14(13)11-20)12-5-8-22-9-6-12/h10,12H,4-9,11H2,1-3H3. The van der Waals surface area contributed by atoms with Crippen LogP contribution in [-0.4, -0.2) is 46.3 Å². The number of hydrogen-bond donors (Lipinski definition) is 0. The minimum atomic E-state index is -0.476. The van der Waals surface area contributed by atoms with Gasteiger partial charge in [-0.2, -0.15) is 0 Å². The zero-order chi connectivity index (χ0) is 16.4. The molecular formula is C17H25N3O3. The Kier molecular flexibility index (Phi) is 4.53. The summed E-state index contributed by atoms with van der Waals surface area (Å²) in [6, 6.07) is 0. The first-order chi connectivity index (χ1) is 10.9. The molecule has 0 atom stereocenters. The summed E-state index contributed by atoms with van der Waals surface area (Å²) in [6.07, 6.45) is 4.38. The van der Waals surface area contributed by atoms with E-state index in [1.807, 2.05) is 27.0 Å². The molecule has 1 saturated heterocycles. The number of carbonyl (C=O) groups is 1. The molecule has 2 aliphatic rings. The molecule has 2 aliphatic heterocycles. The largest absolute Gasteiger partial charge is 0.444 e. The van der Waals surface area contributed by atoms with Crippen LogP contribution in [0.5, 0.6) is 0 Å². The fourth-order valence-corrected chi connectivity index (χ4v) is 2.95. The average molecular weight is 319 g/mol. The van der Waals surface area contributed by atoms with Crippen molar-refractivity contribution in [3.05, 3.63) is 23.3 Å². The number of ether oxygens (including phenoxy) is 2. The zero-order valence-electron chi connectivity index (χ0n) is 14.2. The van der Waals surface area contributed by atoms with Crippen molar-refractivity contribution < 1.29 is 14.3 Å². The minimum Gasteiger partial charge on any atom is -0.444 e. The predicted octanol–water partition coefficient (Wildman–Crippen LogP) is 2.66. The Balaban J connectivity index is 1.72. The Morgan fingerprint density at radius 1 is 1.35 bits per heavy atom.